The van der Waals surface area contributed by atoms with Gasteiger partial charge in [0.25, 0.3) is 5.91 Å². The van der Waals surface area contributed by atoms with Crippen LogP contribution >= 0.6 is 22.7 Å². The van der Waals surface area contributed by atoms with Crippen LogP contribution in [0.5, 0.6) is 0 Å². The highest BCUT2D eigenvalue weighted by molar-refractivity contribution is 7.22. The van der Waals surface area contributed by atoms with E-state index in [4.69, 9.17) is 0 Å². The number of fused-ring (bicyclic) bond motifs is 1. The van der Waals surface area contributed by atoms with E-state index in [0.29, 0.717) is 5.13 Å². The molecule has 7 heteroatoms. The van der Waals surface area contributed by atoms with Crippen LogP contribution in [0, 0.1) is 5.92 Å². The van der Waals surface area contributed by atoms with Gasteiger partial charge in [-0.25, -0.2) is 9.98 Å². The minimum absolute atomic E-state index is 0.0392. The quantitative estimate of drug-likeness (QED) is 0.688. The summed E-state index contributed by atoms with van der Waals surface area (Å²) >= 11 is 3.24. The first-order valence-corrected chi connectivity index (χ1v) is 10.2. The summed E-state index contributed by atoms with van der Waals surface area (Å²) in [5, 5.41) is 8.65. The van der Waals surface area contributed by atoms with E-state index < -0.39 is 0 Å². The van der Waals surface area contributed by atoms with Gasteiger partial charge in [-0.1, -0.05) is 29.5 Å². The number of carbonyl (C=O) groups excluding carboxylic acids is 1. The fourth-order valence-corrected chi connectivity index (χ4v) is 4.72. The van der Waals surface area contributed by atoms with Crippen LogP contribution in [-0.2, 0) is 11.2 Å². The molecule has 0 bridgehead atoms. The van der Waals surface area contributed by atoms with Crippen molar-refractivity contribution in [1.82, 2.24) is 4.98 Å². The topological polar surface area (TPSA) is 59.5 Å². The first-order valence-electron chi connectivity index (χ1n) is 8.48. The van der Waals surface area contributed by atoms with Gasteiger partial charge < -0.3 is 0 Å². The lowest BCUT2D eigenvalue weighted by atomic mass is 9.99. The summed E-state index contributed by atoms with van der Waals surface area (Å²) in [4.78, 5) is 22.2. The van der Waals surface area contributed by atoms with Crippen molar-refractivity contribution in [2.24, 2.45) is 11.0 Å². The summed E-state index contributed by atoms with van der Waals surface area (Å²) in [6, 6.07) is 12.1. The number of thiazole rings is 1. The van der Waals surface area contributed by atoms with E-state index in [2.05, 4.69) is 32.6 Å². The molecule has 0 saturated carbocycles. The molecule has 0 saturated heterocycles. The molecule has 0 fully saturated rings. The Morgan fingerprint density at radius 1 is 1.27 bits per heavy atom. The average molecular weight is 384 g/mol. The smallest absolute Gasteiger partial charge is 0.268 e. The van der Waals surface area contributed by atoms with Crippen molar-refractivity contribution in [2.45, 2.75) is 20.3 Å². The summed E-state index contributed by atoms with van der Waals surface area (Å²) in [5.41, 5.74) is 2.64. The Kier molecular flexibility index (Phi) is 4.65. The van der Waals surface area contributed by atoms with Gasteiger partial charge in [-0.15, -0.1) is 11.3 Å². The molecule has 0 spiro atoms. The van der Waals surface area contributed by atoms with Crippen molar-refractivity contribution in [3.63, 3.8) is 0 Å². The molecule has 1 N–H and O–H groups in total. The van der Waals surface area contributed by atoms with E-state index in [1.165, 1.54) is 21.2 Å². The van der Waals surface area contributed by atoms with Crippen LogP contribution in [0.2, 0.25) is 0 Å². The van der Waals surface area contributed by atoms with E-state index in [1.54, 1.807) is 11.3 Å². The van der Waals surface area contributed by atoms with Crippen molar-refractivity contribution in [3.8, 4) is 0 Å². The molecule has 1 atom stereocenters. The van der Waals surface area contributed by atoms with E-state index in [9.17, 15) is 4.79 Å². The van der Waals surface area contributed by atoms with Gasteiger partial charge in [0, 0.05) is 18.2 Å². The molecule has 3 aromatic rings. The maximum absolute atomic E-state index is 12.9. The van der Waals surface area contributed by atoms with Crippen LogP contribution in [0.25, 0.3) is 10.2 Å². The molecule has 132 valence electrons. The molecule has 1 amide bonds. The number of nitrogens with zero attached hydrogens (tertiary/aromatic N) is 3. The lowest BCUT2D eigenvalue weighted by Gasteiger charge is -2.09. The van der Waals surface area contributed by atoms with Crippen molar-refractivity contribution in [3.05, 3.63) is 46.7 Å². The van der Waals surface area contributed by atoms with E-state index >= 15 is 0 Å². The number of rotatable bonds is 5. The maximum Gasteiger partial charge on any atom is 0.268 e. The van der Waals surface area contributed by atoms with E-state index in [0.717, 1.165) is 34.6 Å². The standard InChI is InChI=1S/C19H18N4OS2/c1-12(20-10-9-14-6-5-11-25-14)17-13(2)22-23(18(17)24)19-21-15-7-3-4-8-16(15)26-19/h3-8,11,17H,9-10H2,1-2H3/p+1/t17-/m1/s1. The SMILES string of the molecule is CC1=NN(c2nc3ccccc3s2)C(=O)[C@@H]1C(C)=[NH+]CCc1cccs1. The molecule has 0 unspecified atom stereocenters. The molecule has 26 heavy (non-hydrogen) atoms. The second-order valence-corrected chi connectivity index (χ2v) is 8.27. The zero-order valence-corrected chi connectivity index (χ0v) is 16.2. The molecule has 4 rings (SSSR count). The molecular weight excluding hydrogens is 364 g/mol. The molecule has 2 aromatic heterocycles. The van der Waals surface area contributed by atoms with Gasteiger partial charge in [0.1, 0.15) is 6.54 Å². The fraction of sp³-hybridized carbons (Fsp3) is 0.263. The number of carbonyl (C=O) groups is 1. The summed E-state index contributed by atoms with van der Waals surface area (Å²) in [6.45, 7) is 4.68. The highest BCUT2D eigenvalue weighted by atomic mass is 32.1. The van der Waals surface area contributed by atoms with Crippen LogP contribution in [0.4, 0.5) is 5.13 Å². The normalized spacial score (nSPS) is 18.0. The van der Waals surface area contributed by atoms with Crippen molar-refractivity contribution < 1.29 is 9.79 Å². The van der Waals surface area contributed by atoms with Gasteiger partial charge in [0.15, 0.2) is 11.6 Å². The number of anilines is 1. The second-order valence-electron chi connectivity index (χ2n) is 6.23. The van der Waals surface area contributed by atoms with E-state index in [1.807, 2.05) is 38.1 Å². The van der Waals surface area contributed by atoms with Crippen LogP contribution < -0.4 is 10.0 Å². The van der Waals surface area contributed by atoms with Gasteiger partial charge in [-0.3, -0.25) is 4.79 Å². The molecular formula is C19H19N4OS2+. The van der Waals surface area contributed by atoms with Crippen molar-refractivity contribution >= 4 is 55.4 Å². The number of thiophene rings is 1. The Hall–Kier alpha value is -2.38. The minimum Gasteiger partial charge on any atom is -0.271 e. The zero-order valence-electron chi connectivity index (χ0n) is 14.6. The number of aromatic nitrogens is 1. The molecule has 0 aliphatic carbocycles. The van der Waals surface area contributed by atoms with Gasteiger partial charge in [-0.05, 0) is 30.5 Å². The predicted octanol–water partition coefficient (Wildman–Crippen LogP) is 2.48. The largest absolute Gasteiger partial charge is 0.271 e. The third kappa shape index (κ3) is 3.20. The predicted molar refractivity (Wildman–Crippen MR) is 108 cm³/mol. The summed E-state index contributed by atoms with van der Waals surface area (Å²) in [5.74, 6) is -0.368. The van der Waals surface area contributed by atoms with Crippen molar-refractivity contribution in [1.29, 1.82) is 0 Å². The monoisotopic (exact) mass is 383 g/mol. The third-order valence-corrected chi connectivity index (χ3v) is 6.33. The molecule has 1 aromatic carbocycles. The summed E-state index contributed by atoms with van der Waals surface area (Å²) < 4.78 is 1.06. The Bertz CT molecular complexity index is 971. The number of benzene rings is 1. The number of para-hydroxylation sites is 1. The third-order valence-electron chi connectivity index (χ3n) is 4.38. The van der Waals surface area contributed by atoms with Crippen LogP contribution in [-0.4, -0.2) is 28.9 Å². The Balaban J connectivity index is 1.52. The highest BCUT2D eigenvalue weighted by Gasteiger charge is 2.40. The molecule has 1 aliphatic heterocycles. The Morgan fingerprint density at radius 2 is 2.12 bits per heavy atom. The average Bonchev–Trinajstić information content (AvgIpc) is 3.33. The first-order chi connectivity index (χ1) is 12.6. The number of hydrogen-bond acceptors (Lipinski definition) is 5. The molecule has 1 aliphatic rings. The lowest BCUT2D eigenvalue weighted by molar-refractivity contribution is -0.458. The maximum atomic E-state index is 12.9. The number of hydrogen-bond donors (Lipinski definition) is 1. The molecule has 5 nitrogen and oxygen atoms in total. The second kappa shape index (κ2) is 7.09. The van der Waals surface area contributed by atoms with Gasteiger partial charge >= 0.3 is 0 Å². The van der Waals surface area contributed by atoms with Gasteiger partial charge in [0.05, 0.1) is 15.9 Å². The highest BCUT2D eigenvalue weighted by Crippen LogP contribution is 2.32. The van der Waals surface area contributed by atoms with E-state index in [-0.39, 0.29) is 11.8 Å². The number of nitrogens with one attached hydrogen (secondary N) is 1. The van der Waals surface area contributed by atoms with Crippen LogP contribution in [0.3, 0.4) is 0 Å². The molecule has 0 radical (unpaired) electrons. The Labute approximate surface area is 159 Å². The van der Waals surface area contributed by atoms with Gasteiger partial charge in [-0.2, -0.15) is 10.1 Å². The molecule has 3 heterocycles. The van der Waals surface area contributed by atoms with Crippen molar-refractivity contribution in [2.75, 3.05) is 11.6 Å². The van der Waals surface area contributed by atoms with Crippen LogP contribution in [0.15, 0.2) is 46.9 Å². The summed E-state index contributed by atoms with van der Waals surface area (Å²) in [7, 11) is 0. The van der Waals surface area contributed by atoms with Crippen LogP contribution in [0.1, 0.15) is 18.7 Å². The first kappa shape index (κ1) is 17.1. The Morgan fingerprint density at radius 3 is 2.88 bits per heavy atom. The minimum atomic E-state index is -0.328. The van der Waals surface area contributed by atoms with Gasteiger partial charge in [0.2, 0.25) is 5.13 Å². The summed E-state index contributed by atoms with van der Waals surface area (Å²) in [6.07, 6.45) is 0.952. The number of hydrazone groups is 1. The lowest BCUT2D eigenvalue weighted by Crippen LogP contribution is -2.75. The zero-order chi connectivity index (χ0) is 18.1. The number of amides is 1. The fourth-order valence-electron chi connectivity index (χ4n) is 3.09.